The Balaban J connectivity index is 1.64. The van der Waals surface area contributed by atoms with Crippen molar-refractivity contribution >= 4 is 17.7 Å². The Morgan fingerprint density at radius 2 is 2.04 bits per heavy atom. The van der Waals surface area contributed by atoms with Crippen molar-refractivity contribution in [3.63, 3.8) is 0 Å². The molecule has 3 unspecified atom stereocenters. The van der Waals surface area contributed by atoms with Crippen molar-refractivity contribution in [3.8, 4) is 11.4 Å². The van der Waals surface area contributed by atoms with Gasteiger partial charge in [0.05, 0.1) is 5.75 Å². The fraction of sp³-hybridized carbons (Fsp3) is 0.571. The van der Waals surface area contributed by atoms with E-state index in [2.05, 4.69) is 59.9 Å². The highest BCUT2D eigenvalue weighted by atomic mass is 32.2. The van der Waals surface area contributed by atoms with Crippen molar-refractivity contribution in [2.45, 2.75) is 64.7 Å². The van der Waals surface area contributed by atoms with E-state index in [1.807, 2.05) is 12.1 Å². The summed E-state index contributed by atoms with van der Waals surface area (Å²) < 4.78 is 2.09. The van der Waals surface area contributed by atoms with E-state index in [1.165, 1.54) is 30.2 Å². The number of carbonyl (C=O) groups is 1. The number of benzene rings is 1. The van der Waals surface area contributed by atoms with Crippen LogP contribution in [0.4, 0.5) is 0 Å². The van der Waals surface area contributed by atoms with Gasteiger partial charge in [0.15, 0.2) is 11.0 Å². The Bertz CT molecular complexity index is 788. The van der Waals surface area contributed by atoms with E-state index in [0.717, 1.165) is 29.5 Å². The molecular weight excluding hydrogens is 356 g/mol. The lowest BCUT2D eigenvalue weighted by Crippen LogP contribution is -2.44. The number of carbonyl (C=O) groups excluding carboxylic acids is 1. The van der Waals surface area contributed by atoms with Gasteiger partial charge in [0.2, 0.25) is 5.91 Å². The van der Waals surface area contributed by atoms with Crippen LogP contribution in [0.1, 0.15) is 45.6 Å². The van der Waals surface area contributed by atoms with E-state index < -0.39 is 0 Å². The summed E-state index contributed by atoms with van der Waals surface area (Å²) >= 11 is 1.47. The van der Waals surface area contributed by atoms with Crippen LogP contribution in [0.15, 0.2) is 29.4 Å². The lowest BCUT2D eigenvalue weighted by Gasteiger charge is -2.34. The van der Waals surface area contributed by atoms with Gasteiger partial charge < -0.3 is 9.88 Å². The number of hydrogen-bond donors (Lipinski definition) is 1. The van der Waals surface area contributed by atoms with E-state index >= 15 is 0 Å². The molecule has 1 heterocycles. The molecule has 6 heteroatoms. The van der Waals surface area contributed by atoms with Crippen molar-refractivity contribution < 1.29 is 4.79 Å². The van der Waals surface area contributed by atoms with Crippen LogP contribution in [-0.2, 0) is 11.3 Å². The zero-order chi connectivity index (χ0) is 19.4. The van der Waals surface area contributed by atoms with Gasteiger partial charge in [-0.2, -0.15) is 0 Å². The summed E-state index contributed by atoms with van der Waals surface area (Å²) in [5, 5.41) is 12.8. The second-order valence-electron chi connectivity index (χ2n) is 7.60. The van der Waals surface area contributed by atoms with Crippen LogP contribution >= 0.6 is 11.8 Å². The molecule has 3 atom stereocenters. The Hall–Kier alpha value is -1.82. The molecule has 0 radical (unpaired) electrons. The fourth-order valence-corrected chi connectivity index (χ4v) is 4.68. The minimum absolute atomic E-state index is 0.0917. The van der Waals surface area contributed by atoms with Crippen LogP contribution in [0, 0.1) is 18.8 Å². The molecule has 1 aromatic carbocycles. The molecule has 0 bridgehead atoms. The highest BCUT2D eigenvalue weighted by Gasteiger charge is 2.28. The molecule has 1 aromatic heterocycles. The number of rotatable bonds is 6. The van der Waals surface area contributed by atoms with Crippen molar-refractivity contribution in [1.82, 2.24) is 20.1 Å². The number of hydrogen-bond acceptors (Lipinski definition) is 4. The van der Waals surface area contributed by atoms with Gasteiger partial charge in [-0.1, -0.05) is 62.7 Å². The van der Waals surface area contributed by atoms with Gasteiger partial charge in [-0.3, -0.25) is 4.79 Å². The second kappa shape index (κ2) is 8.91. The van der Waals surface area contributed by atoms with Gasteiger partial charge >= 0.3 is 0 Å². The predicted molar refractivity (Wildman–Crippen MR) is 111 cm³/mol. The highest BCUT2D eigenvalue weighted by Crippen LogP contribution is 2.30. The first-order valence-corrected chi connectivity index (χ1v) is 10.9. The second-order valence-corrected chi connectivity index (χ2v) is 8.54. The molecule has 27 heavy (non-hydrogen) atoms. The van der Waals surface area contributed by atoms with Gasteiger partial charge in [0.1, 0.15) is 0 Å². The molecular formula is C21H30N4OS. The van der Waals surface area contributed by atoms with Crippen LogP contribution < -0.4 is 5.32 Å². The van der Waals surface area contributed by atoms with E-state index in [0.29, 0.717) is 23.6 Å². The number of nitrogens with one attached hydrogen (secondary N) is 1. The van der Waals surface area contributed by atoms with Gasteiger partial charge in [-0.25, -0.2) is 0 Å². The zero-order valence-corrected chi connectivity index (χ0v) is 17.6. The average Bonchev–Trinajstić information content (AvgIpc) is 3.07. The molecule has 0 spiro atoms. The van der Waals surface area contributed by atoms with Crippen molar-refractivity contribution in [2.75, 3.05) is 5.75 Å². The van der Waals surface area contributed by atoms with Crippen LogP contribution in [-0.4, -0.2) is 32.5 Å². The van der Waals surface area contributed by atoms with E-state index in [1.54, 1.807) is 0 Å². The minimum atomic E-state index is 0.0917. The maximum atomic E-state index is 12.5. The molecule has 1 fully saturated rings. The summed E-state index contributed by atoms with van der Waals surface area (Å²) in [6, 6.07) is 8.49. The summed E-state index contributed by atoms with van der Waals surface area (Å²) in [6.45, 7) is 9.48. The first-order chi connectivity index (χ1) is 13.0. The normalized spacial score (nSPS) is 22.6. The summed E-state index contributed by atoms with van der Waals surface area (Å²) in [5.41, 5.74) is 2.27. The van der Waals surface area contributed by atoms with Crippen molar-refractivity contribution in [2.24, 2.45) is 11.8 Å². The first kappa shape index (κ1) is 19.9. The quantitative estimate of drug-likeness (QED) is 0.752. The first-order valence-electron chi connectivity index (χ1n) is 9.92. The van der Waals surface area contributed by atoms with Crippen LogP contribution in [0.25, 0.3) is 11.4 Å². The Morgan fingerprint density at radius 1 is 1.26 bits per heavy atom. The van der Waals surface area contributed by atoms with Gasteiger partial charge in [-0.05, 0) is 37.7 Å². The van der Waals surface area contributed by atoms with Crippen LogP contribution in [0.3, 0.4) is 0 Å². The van der Waals surface area contributed by atoms with Gasteiger partial charge in [0.25, 0.3) is 0 Å². The smallest absolute Gasteiger partial charge is 0.230 e. The maximum absolute atomic E-state index is 12.5. The molecule has 1 amide bonds. The maximum Gasteiger partial charge on any atom is 0.230 e. The average molecular weight is 387 g/mol. The standard InChI is InChI=1S/C21H30N4OS/c1-5-25-20(17-11-7-6-9-15(17)3)23-24-21(25)27-13-19(26)22-18-12-8-10-14(2)16(18)4/h6-7,9,11,14,16,18H,5,8,10,12-13H2,1-4H3,(H,22,26). The summed E-state index contributed by atoms with van der Waals surface area (Å²) in [5.74, 6) is 2.56. The monoisotopic (exact) mass is 386 g/mol. The zero-order valence-electron chi connectivity index (χ0n) is 16.7. The minimum Gasteiger partial charge on any atom is -0.352 e. The molecule has 5 nitrogen and oxygen atoms in total. The van der Waals surface area contributed by atoms with Crippen molar-refractivity contribution in [1.29, 1.82) is 0 Å². The molecule has 2 aromatic rings. The fourth-order valence-electron chi connectivity index (χ4n) is 3.87. The molecule has 1 saturated carbocycles. The third kappa shape index (κ3) is 4.54. The van der Waals surface area contributed by atoms with E-state index in [9.17, 15) is 4.79 Å². The molecule has 3 rings (SSSR count). The number of aryl methyl sites for hydroxylation is 1. The van der Waals surface area contributed by atoms with E-state index in [-0.39, 0.29) is 5.91 Å². The molecule has 1 aliphatic rings. The van der Waals surface area contributed by atoms with Crippen molar-refractivity contribution in [3.05, 3.63) is 29.8 Å². The third-order valence-corrected chi connectivity index (χ3v) is 6.77. The Labute approximate surface area is 166 Å². The molecule has 1 N–H and O–H groups in total. The van der Waals surface area contributed by atoms with Gasteiger partial charge in [0, 0.05) is 18.2 Å². The number of thioether (sulfide) groups is 1. The number of aromatic nitrogens is 3. The van der Waals surface area contributed by atoms with Gasteiger partial charge in [-0.15, -0.1) is 10.2 Å². The summed E-state index contributed by atoms with van der Waals surface area (Å²) in [4.78, 5) is 12.5. The largest absolute Gasteiger partial charge is 0.352 e. The number of amides is 1. The highest BCUT2D eigenvalue weighted by molar-refractivity contribution is 7.99. The summed E-state index contributed by atoms with van der Waals surface area (Å²) in [6.07, 6.45) is 3.56. The molecule has 1 aliphatic carbocycles. The molecule has 146 valence electrons. The topological polar surface area (TPSA) is 59.8 Å². The lowest BCUT2D eigenvalue weighted by atomic mass is 9.78. The Morgan fingerprint density at radius 3 is 2.78 bits per heavy atom. The molecule has 0 saturated heterocycles. The Kier molecular flexibility index (Phi) is 6.58. The lowest BCUT2D eigenvalue weighted by molar-refractivity contribution is -0.120. The predicted octanol–water partition coefficient (Wildman–Crippen LogP) is 4.31. The summed E-state index contributed by atoms with van der Waals surface area (Å²) in [7, 11) is 0. The third-order valence-electron chi connectivity index (χ3n) is 5.80. The SMILES string of the molecule is CCn1c(SCC(=O)NC2CCCC(C)C2C)nnc1-c1ccccc1C. The number of nitrogens with zero attached hydrogens (tertiary/aromatic N) is 3. The van der Waals surface area contributed by atoms with Crippen LogP contribution in [0.5, 0.6) is 0 Å². The van der Waals surface area contributed by atoms with E-state index in [4.69, 9.17) is 0 Å². The van der Waals surface area contributed by atoms with Crippen LogP contribution in [0.2, 0.25) is 0 Å². The molecule has 0 aliphatic heterocycles.